The summed E-state index contributed by atoms with van der Waals surface area (Å²) < 4.78 is 42.6. The number of carbonyl (C=O) groups excluding carboxylic acids is 1. The summed E-state index contributed by atoms with van der Waals surface area (Å²) in [6, 6.07) is 7.40. The van der Waals surface area contributed by atoms with E-state index >= 15 is 0 Å². The smallest absolute Gasteiger partial charge is 0.251 e. The summed E-state index contributed by atoms with van der Waals surface area (Å²) in [4.78, 5) is 12.5. The zero-order valence-electron chi connectivity index (χ0n) is 14.6. The van der Waals surface area contributed by atoms with Gasteiger partial charge in [-0.1, -0.05) is 23.2 Å². The van der Waals surface area contributed by atoms with Crippen molar-refractivity contribution in [2.45, 2.75) is 17.9 Å². The lowest BCUT2D eigenvalue weighted by Crippen LogP contribution is -2.27. The number of methoxy groups -OCH3 is 1. The zero-order valence-corrected chi connectivity index (χ0v) is 17.0. The van der Waals surface area contributed by atoms with Gasteiger partial charge in [0.15, 0.2) is 9.84 Å². The van der Waals surface area contributed by atoms with E-state index in [9.17, 15) is 17.6 Å². The Kier molecular flexibility index (Phi) is 7.22. The lowest BCUT2D eigenvalue weighted by Gasteiger charge is -2.16. The second-order valence-corrected chi connectivity index (χ2v) is 8.74. The molecular weight excluding hydrogens is 416 g/mol. The molecule has 0 bridgehead atoms. The van der Waals surface area contributed by atoms with Gasteiger partial charge < -0.3 is 10.1 Å². The first-order valence-electron chi connectivity index (χ1n) is 7.92. The minimum atomic E-state index is -3.47. The second kappa shape index (κ2) is 9.01. The van der Waals surface area contributed by atoms with E-state index in [0.717, 1.165) is 0 Å². The van der Waals surface area contributed by atoms with E-state index in [4.69, 9.17) is 27.9 Å². The van der Waals surface area contributed by atoms with Crippen LogP contribution in [-0.2, 0) is 14.6 Å². The fourth-order valence-corrected chi connectivity index (χ4v) is 4.07. The number of sulfone groups is 1. The quantitative estimate of drug-likeness (QED) is 0.668. The highest BCUT2D eigenvalue weighted by atomic mass is 35.5. The van der Waals surface area contributed by atoms with Crippen molar-refractivity contribution in [3.05, 3.63) is 63.4 Å². The average molecular weight is 434 g/mol. The highest BCUT2D eigenvalue weighted by Crippen LogP contribution is 2.28. The predicted octanol–water partition coefficient (Wildman–Crippen LogP) is 4.04. The van der Waals surface area contributed by atoms with Gasteiger partial charge >= 0.3 is 0 Å². The molecule has 1 atom stereocenters. The Labute approximate surface area is 167 Å². The van der Waals surface area contributed by atoms with Crippen LogP contribution in [0.2, 0.25) is 10.0 Å². The van der Waals surface area contributed by atoms with Crippen molar-refractivity contribution >= 4 is 38.9 Å². The van der Waals surface area contributed by atoms with Gasteiger partial charge in [0.25, 0.3) is 5.91 Å². The average Bonchev–Trinajstić information content (AvgIpc) is 2.63. The van der Waals surface area contributed by atoms with Gasteiger partial charge in [0.1, 0.15) is 5.82 Å². The summed E-state index contributed by atoms with van der Waals surface area (Å²) in [7, 11) is -2.05. The molecule has 0 saturated heterocycles. The molecular formula is C18H18Cl2FNO4S. The van der Waals surface area contributed by atoms with Gasteiger partial charge in [-0.3, -0.25) is 4.79 Å². The van der Waals surface area contributed by atoms with E-state index in [1.54, 1.807) is 6.92 Å². The molecule has 2 rings (SSSR count). The van der Waals surface area contributed by atoms with E-state index < -0.39 is 27.6 Å². The van der Waals surface area contributed by atoms with Gasteiger partial charge in [0.2, 0.25) is 0 Å². The summed E-state index contributed by atoms with van der Waals surface area (Å²) in [5.74, 6) is -1.23. The number of nitrogens with one attached hydrogen (secondary N) is 1. The summed E-state index contributed by atoms with van der Waals surface area (Å²) in [5.41, 5.74) is 0.642. The van der Waals surface area contributed by atoms with Gasteiger partial charge in [-0.25, -0.2) is 12.8 Å². The molecule has 0 aliphatic carbocycles. The van der Waals surface area contributed by atoms with Crippen LogP contribution in [0.3, 0.4) is 0 Å². The number of carbonyl (C=O) groups is 1. The standard InChI is InChI=1S/C18H18Cl2FNO4S/c1-11(14-9-17(21)16(20)10-15(14)19)22-18(23)12-3-5-13(6-4-12)27(24,25)8-7-26-2/h3-6,9-11H,7-8H2,1-2H3,(H,22,23). The molecule has 0 saturated carbocycles. The molecule has 0 aromatic heterocycles. The lowest BCUT2D eigenvalue weighted by molar-refractivity contribution is 0.0939. The summed E-state index contributed by atoms with van der Waals surface area (Å²) in [6.45, 7) is 1.73. The van der Waals surface area contributed by atoms with Crippen LogP contribution in [0.15, 0.2) is 41.3 Å². The predicted molar refractivity (Wildman–Crippen MR) is 103 cm³/mol. The fraction of sp³-hybridized carbons (Fsp3) is 0.278. The van der Waals surface area contributed by atoms with Crippen molar-refractivity contribution in [2.75, 3.05) is 19.5 Å². The van der Waals surface area contributed by atoms with Crippen LogP contribution >= 0.6 is 23.2 Å². The normalized spacial score (nSPS) is 12.6. The summed E-state index contributed by atoms with van der Waals surface area (Å²) in [5, 5.41) is 2.82. The Balaban J connectivity index is 2.13. The summed E-state index contributed by atoms with van der Waals surface area (Å²) >= 11 is 11.7. The number of hydrogen-bond donors (Lipinski definition) is 1. The molecule has 9 heteroatoms. The van der Waals surface area contributed by atoms with E-state index in [1.165, 1.54) is 43.5 Å². The third-order valence-electron chi connectivity index (χ3n) is 3.89. The number of rotatable bonds is 7. The van der Waals surface area contributed by atoms with E-state index in [-0.39, 0.29) is 32.9 Å². The zero-order chi connectivity index (χ0) is 20.2. The van der Waals surface area contributed by atoms with Crippen molar-refractivity contribution in [2.24, 2.45) is 0 Å². The van der Waals surface area contributed by atoms with Crippen molar-refractivity contribution in [3.8, 4) is 0 Å². The molecule has 2 aromatic rings. The molecule has 0 radical (unpaired) electrons. The molecule has 0 fully saturated rings. The molecule has 0 aliphatic heterocycles. The summed E-state index contributed by atoms with van der Waals surface area (Å²) in [6.07, 6.45) is 0. The molecule has 27 heavy (non-hydrogen) atoms. The molecule has 1 amide bonds. The van der Waals surface area contributed by atoms with Crippen LogP contribution in [0.5, 0.6) is 0 Å². The third-order valence-corrected chi connectivity index (χ3v) is 6.20. The maximum Gasteiger partial charge on any atom is 0.251 e. The maximum atomic E-state index is 13.7. The highest BCUT2D eigenvalue weighted by Gasteiger charge is 2.18. The maximum absolute atomic E-state index is 13.7. The first-order chi connectivity index (χ1) is 12.7. The Morgan fingerprint density at radius 3 is 2.41 bits per heavy atom. The second-order valence-electron chi connectivity index (χ2n) is 5.82. The molecule has 146 valence electrons. The van der Waals surface area contributed by atoms with Gasteiger partial charge in [0, 0.05) is 17.7 Å². The van der Waals surface area contributed by atoms with Crippen LogP contribution in [0.4, 0.5) is 4.39 Å². The van der Waals surface area contributed by atoms with Crippen LogP contribution in [0, 0.1) is 5.82 Å². The van der Waals surface area contributed by atoms with Gasteiger partial charge in [0.05, 0.1) is 28.3 Å². The Bertz CT molecular complexity index is 933. The first-order valence-corrected chi connectivity index (χ1v) is 10.3. The van der Waals surface area contributed by atoms with E-state index in [1.807, 2.05) is 0 Å². The number of hydrogen-bond acceptors (Lipinski definition) is 4. The largest absolute Gasteiger partial charge is 0.384 e. The highest BCUT2D eigenvalue weighted by molar-refractivity contribution is 7.91. The van der Waals surface area contributed by atoms with Crippen LogP contribution in [-0.4, -0.2) is 33.8 Å². The van der Waals surface area contributed by atoms with Crippen molar-refractivity contribution < 1.29 is 22.3 Å². The van der Waals surface area contributed by atoms with Crippen molar-refractivity contribution in [1.29, 1.82) is 0 Å². The molecule has 5 nitrogen and oxygen atoms in total. The molecule has 1 unspecified atom stereocenters. The minimum absolute atomic E-state index is 0.0838. The minimum Gasteiger partial charge on any atom is -0.384 e. The van der Waals surface area contributed by atoms with Gasteiger partial charge in [-0.15, -0.1) is 0 Å². The Morgan fingerprint density at radius 1 is 1.19 bits per heavy atom. The van der Waals surface area contributed by atoms with Crippen LogP contribution in [0.25, 0.3) is 0 Å². The van der Waals surface area contributed by atoms with Crippen molar-refractivity contribution in [3.63, 3.8) is 0 Å². The number of halogens is 3. The number of amides is 1. The molecule has 0 heterocycles. The van der Waals surface area contributed by atoms with Crippen LogP contribution in [0.1, 0.15) is 28.9 Å². The Hall–Kier alpha value is -1.67. The lowest BCUT2D eigenvalue weighted by atomic mass is 10.1. The number of ether oxygens (including phenoxy) is 1. The van der Waals surface area contributed by atoms with Gasteiger partial charge in [-0.2, -0.15) is 0 Å². The van der Waals surface area contributed by atoms with Crippen LogP contribution < -0.4 is 5.32 Å². The monoisotopic (exact) mass is 433 g/mol. The first kappa shape index (κ1) is 21.6. The van der Waals surface area contributed by atoms with E-state index in [0.29, 0.717) is 5.56 Å². The number of benzene rings is 2. The molecule has 1 N–H and O–H groups in total. The fourth-order valence-electron chi connectivity index (χ4n) is 2.35. The third kappa shape index (κ3) is 5.42. The topological polar surface area (TPSA) is 72.5 Å². The Morgan fingerprint density at radius 2 is 1.81 bits per heavy atom. The van der Waals surface area contributed by atoms with Gasteiger partial charge in [-0.05, 0) is 48.9 Å². The van der Waals surface area contributed by atoms with Crippen molar-refractivity contribution in [1.82, 2.24) is 5.32 Å². The molecule has 0 spiro atoms. The SMILES string of the molecule is COCCS(=O)(=O)c1ccc(C(=O)NC(C)c2cc(F)c(Cl)cc2Cl)cc1. The molecule has 0 aliphatic rings. The molecule has 2 aromatic carbocycles. The van der Waals surface area contributed by atoms with E-state index in [2.05, 4.69) is 5.32 Å².